The Balaban J connectivity index is 2.02. The number of likely N-dealkylation sites (tertiary alicyclic amines) is 1. The second-order valence-corrected chi connectivity index (χ2v) is 5.08. The summed E-state index contributed by atoms with van der Waals surface area (Å²) in [5, 5.41) is 14.2. The minimum absolute atomic E-state index is 0.168. The quantitative estimate of drug-likeness (QED) is 0.657. The van der Waals surface area contributed by atoms with Crippen LogP contribution in [0.25, 0.3) is 0 Å². The van der Waals surface area contributed by atoms with E-state index < -0.39 is 0 Å². The molecule has 0 aromatic heterocycles. The molecule has 0 bridgehead atoms. The van der Waals surface area contributed by atoms with Gasteiger partial charge in [0.15, 0.2) is 0 Å². The van der Waals surface area contributed by atoms with Gasteiger partial charge in [-0.3, -0.25) is 10.1 Å². The Labute approximate surface area is 107 Å². The Morgan fingerprint density at radius 3 is 2.94 bits per heavy atom. The van der Waals surface area contributed by atoms with E-state index in [1.54, 1.807) is 12.1 Å². The molecule has 5 nitrogen and oxygen atoms in total. The van der Waals surface area contributed by atoms with Crippen LogP contribution in [-0.4, -0.2) is 36.5 Å². The topological polar surface area (TPSA) is 58.4 Å². The Bertz CT molecular complexity index is 448. The van der Waals surface area contributed by atoms with Gasteiger partial charge in [0.25, 0.3) is 5.69 Å². The van der Waals surface area contributed by atoms with Gasteiger partial charge in [0.1, 0.15) is 5.69 Å². The number of hydrogen-bond donors (Lipinski definition) is 1. The fourth-order valence-electron chi connectivity index (χ4n) is 2.39. The molecule has 1 saturated heterocycles. The van der Waals surface area contributed by atoms with Gasteiger partial charge in [-0.15, -0.1) is 0 Å². The summed E-state index contributed by atoms with van der Waals surface area (Å²) in [6.45, 7) is 4.84. The van der Waals surface area contributed by atoms with Crippen molar-refractivity contribution in [3.63, 3.8) is 0 Å². The molecule has 1 unspecified atom stereocenters. The standard InChI is InChI=1S/C13H19N3O2/c1-10-3-4-12(13(7-10)16(17)18)14-8-11-5-6-15(2)9-11/h3-4,7,11,14H,5-6,8-9H2,1-2H3. The Hall–Kier alpha value is -1.62. The van der Waals surface area contributed by atoms with Crippen molar-refractivity contribution in [1.29, 1.82) is 0 Å². The van der Waals surface area contributed by atoms with Crippen LogP contribution in [0.4, 0.5) is 11.4 Å². The Morgan fingerprint density at radius 2 is 2.33 bits per heavy atom. The molecular weight excluding hydrogens is 230 g/mol. The van der Waals surface area contributed by atoms with Crippen molar-refractivity contribution in [1.82, 2.24) is 4.90 Å². The predicted molar refractivity (Wildman–Crippen MR) is 71.9 cm³/mol. The number of nitro benzene ring substituents is 1. The summed E-state index contributed by atoms with van der Waals surface area (Å²) in [7, 11) is 2.11. The van der Waals surface area contributed by atoms with Gasteiger partial charge >= 0.3 is 0 Å². The van der Waals surface area contributed by atoms with Crippen LogP contribution in [0.2, 0.25) is 0 Å². The largest absolute Gasteiger partial charge is 0.379 e. The number of nitro groups is 1. The van der Waals surface area contributed by atoms with Crippen molar-refractivity contribution in [2.75, 3.05) is 32.0 Å². The second kappa shape index (κ2) is 5.35. The molecule has 1 N–H and O–H groups in total. The first-order chi connectivity index (χ1) is 8.56. The van der Waals surface area contributed by atoms with Crippen molar-refractivity contribution in [2.45, 2.75) is 13.3 Å². The maximum atomic E-state index is 11.0. The third-order valence-corrected chi connectivity index (χ3v) is 3.42. The van der Waals surface area contributed by atoms with Crippen molar-refractivity contribution < 1.29 is 4.92 Å². The highest BCUT2D eigenvalue weighted by Gasteiger charge is 2.20. The molecule has 5 heteroatoms. The van der Waals surface area contributed by atoms with Crippen LogP contribution in [0.1, 0.15) is 12.0 Å². The summed E-state index contributed by atoms with van der Waals surface area (Å²) in [4.78, 5) is 12.9. The van der Waals surface area contributed by atoms with E-state index in [0.29, 0.717) is 11.6 Å². The monoisotopic (exact) mass is 249 g/mol. The van der Waals surface area contributed by atoms with Crippen LogP contribution in [0.15, 0.2) is 18.2 Å². The summed E-state index contributed by atoms with van der Waals surface area (Å²) in [5.74, 6) is 0.580. The van der Waals surface area contributed by atoms with Crippen molar-refractivity contribution in [3.05, 3.63) is 33.9 Å². The van der Waals surface area contributed by atoms with Gasteiger partial charge in [-0.1, -0.05) is 6.07 Å². The zero-order valence-corrected chi connectivity index (χ0v) is 10.8. The van der Waals surface area contributed by atoms with E-state index in [0.717, 1.165) is 31.6 Å². The van der Waals surface area contributed by atoms with E-state index in [1.165, 1.54) is 0 Å². The summed E-state index contributed by atoms with van der Waals surface area (Å²) in [6.07, 6.45) is 1.16. The average Bonchev–Trinajstić information content (AvgIpc) is 2.73. The zero-order chi connectivity index (χ0) is 13.1. The fraction of sp³-hybridized carbons (Fsp3) is 0.538. The number of anilines is 1. The number of nitrogens with one attached hydrogen (secondary N) is 1. The van der Waals surface area contributed by atoms with Crippen LogP contribution in [0.5, 0.6) is 0 Å². The van der Waals surface area contributed by atoms with Gasteiger partial charge in [0.05, 0.1) is 4.92 Å². The molecule has 1 aliphatic rings. The smallest absolute Gasteiger partial charge is 0.292 e. The van der Waals surface area contributed by atoms with Crippen molar-refractivity contribution >= 4 is 11.4 Å². The van der Waals surface area contributed by atoms with E-state index in [1.807, 2.05) is 13.0 Å². The summed E-state index contributed by atoms with van der Waals surface area (Å²) >= 11 is 0. The zero-order valence-electron chi connectivity index (χ0n) is 10.8. The van der Waals surface area contributed by atoms with Gasteiger partial charge in [0, 0.05) is 19.2 Å². The third kappa shape index (κ3) is 2.98. The van der Waals surface area contributed by atoms with E-state index in [4.69, 9.17) is 0 Å². The molecule has 0 aliphatic carbocycles. The summed E-state index contributed by atoms with van der Waals surface area (Å²) < 4.78 is 0. The van der Waals surface area contributed by atoms with Gasteiger partial charge in [-0.05, 0) is 44.5 Å². The van der Waals surface area contributed by atoms with Gasteiger partial charge in [-0.25, -0.2) is 0 Å². The maximum Gasteiger partial charge on any atom is 0.292 e. The van der Waals surface area contributed by atoms with Gasteiger partial charge in [0.2, 0.25) is 0 Å². The summed E-state index contributed by atoms with van der Waals surface area (Å²) in [5.41, 5.74) is 1.70. The van der Waals surface area contributed by atoms with E-state index in [2.05, 4.69) is 17.3 Å². The van der Waals surface area contributed by atoms with E-state index in [-0.39, 0.29) is 10.6 Å². The molecule has 2 rings (SSSR count). The Morgan fingerprint density at radius 1 is 1.56 bits per heavy atom. The molecule has 1 aromatic carbocycles. The number of aryl methyl sites for hydroxylation is 1. The van der Waals surface area contributed by atoms with Crippen molar-refractivity contribution in [2.24, 2.45) is 5.92 Å². The lowest BCUT2D eigenvalue weighted by atomic mass is 10.1. The molecule has 98 valence electrons. The first-order valence-corrected chi connectivity index (χ1v) is 6.23. The van der Waals surface area contributed by atoms with Crippen LogP contribution >= 0.6 is 0 Å². The normalized spacial score (nSPS) is 20.0. The molecule has 1 atom stereocenters. The first kappa shape index (κ1) is 12.8. The molecule has 0 spiro atoms. The molecule has 0 amide bonds. The highest BCUT2D eigenvalue weighted by Crippen LogP contribution is 2.26. The number of hydrogen-bond acceptors (Lipinski definition) is 4. The third-order valence-electron chi connectivity index (χ3n) is 3.42. The SMILES string of the molecule is Cc1ccc(NCC2CCN(C)C2)c([N+](=O)[O-])c1. The average molecular weight is 249 g/mol. The number of benzene rings is 1. The highest BCUT2D eigenvalue weighted by molar-refractivity contribution is 5.62. The minimum Gasteiger partial charge on any atom is -0.379 e. The number of rotatable bonds is 4. The fourth-order valence-corrected chi connectivity index (χ4v) is 2.39. The van der Waals surface area contributed by atoms with Crippen LogP contribution in [-0.2, 0) is 0 Å². The molecule has 1 aromatic rings. The van der Waals surface area contributed by atoms with E-state index >= 15 is 0 Å². The molecule has 18 heavy (non-hydrogen) atoms. The lowest BCUT2D eigenvalue weighted by molar-refractivity contribution is -0.384. The lowest BCUT2D eigenvalue weighted by Gasteiger charge is -2.13. The molecule has 0 saturated carbocycles. The van der Waals surface area contributed by atoms with Crippen LogP contribution < -0.4 is 5.32 Å². The van der Waals surface area contributed by atoms with Gasteiger partial charge in [-0.2, -0.15) is 0 Å². The lowest BCUT2D eigenvalue weighted by Crippen LogP contribution is -2.19. The molecule has 1 aliphatic heterocycles. The predicted octanol–water partition coefficient (Wildman–Crippen LogP) is 2.27. The Kier molecular flexibility index (Phi) is 3.81. The van der Waals surface area contributed by atoms with Crippen LogP contribution in [0.3, 0.4) is 0 Å². The molecule has 0 radical (unpaired) electrons. The van der Waals surface area contributed by atoms with E-state index in [9.17, 15) is 10.1 Å². The molecule has 1 heterocycles. The first-order valence-electron chi connectivity index (χ1n) is 6.23. The molecular formula is C13H19N3O2. The van der Waals surface area contributed by atoms with Crippen LogP contribution in [0, 0.1) is 23.0 Å². The maximum absolute atomic E-state index is 11.0. The second-order valence-electron chi connectivity index (χ2n) is 5.08. The van der Waals surface area contributed by atoms with Gasteiger partial charge < -0.3 is 10.2 Å². The molecule has 1 fully saturated rings. The number of nitrogens with zero attached hydrogens (tertiary/aromatic N) is 2. The summed E-state index contributed by atoms with van der Waals surface area (Å²) in [6, 6.07) is 5.31. The van der Waals surface area contributed by atoms with Crippen molar-refractivity contribution in [3.8, 4) is 0 Å². The minimum atomic E-state index is -0.323. The highest BCUT2D eigenvalue weighted by atomic mass is 16.6.